The second-order valence-corrected chi connectivity index (χ2v) is 13.4. The Morgan fingerprint density at radius 1 is 0.792 bits per heavy atom. The lowest BCUT2D eigenvalue weighted by atomic mass is 10.0. The van der Waals surface area contributed by atoms with Gasteiger partial charge in [0.2, 0.25) is 11.8 Å². The fraction of sp³-hybridized carbons (Fsp3) is 0.421. The minimum absolute atomic E-state index is 0.146. The molecule has 280 valence electrons. The van der Waals surface area contributed by atoms with E-state index >= 15 is 0 Å². The van der Waals surface area contributed by atoms with Crippen molar-refractivity contribution in [1.29, 1.82) is 0 Å². The molecule has 2 aliphatic rings. The van der Waals surface area contributed by atoms with E-state index in [1.165, 1.54) is 14.2 Å². The largest absolute Gasteiger partial charge is 0.465 e. The van der Waals surface area contributed by atoms with Crippen LogP contribution in [0.2, 0.25) is 0 Å². The number of carboxylic acid groups (broad SMARTS) is 1. The summed E-state index contributed by atoms with van der Waals surface area (Å²) in [5.74, 6) is 0.884. The fourth-order valence-corrected chi connectivity index (χ4v) is 7.19. The molecule has 2 fully saturated rings. The van der Waals surface area contributed by atoms with Crippen molar-refractivity contribution < 1.29 is 33.8 Å². The molecule has 2 aromatic heterocycles. The standard InChI is InChI=1S/C38H46N8O7/c1-5-27(43-38(51)53-4)35(47)45-18-6-8-30(45)33-39-20-28(41-33)25-14-10-23(11-15-25)24-12-16-26(17-13-24)29-21-40-34(42-29)31-9-7-19-46(31)36(48)32(22(2)52-3)44-37(49)50/h10-17,20-22,27,30-32,44H,5-9,18-19H2,1-4H3,(H,39,41)(H,40,42)(H,43,51)(H,49,50)/t22?,27-,30-,31-,32-/m0/s1. The van der Waals surface area contributed by atoms with Crippen molar-refractivity contribution in [3.8, 4) is 33.6 Å². The van der Waals surface area contributed by atoms with Crippen LogP contribution < -0.4 is 10.6 Å². The Kier molecular flexibility index (Phi) is 11.4. The first-order chi connectivity index (χ1) is 25.6. The van der Waals surface area contributed by atoms with Crippen LogP contribution in [0.5, 0.6) is 0 Å². The van der Waals surface area contributed by atoms with Gasteiger partial charge in [-0.05, 0) is 61.3 Å². The molecule has 5 atom stereocenters. The first kappa shape index (κ1) is 37.1. The van der Waals surface area contributed by atoms with Gasteiger partial charge >= 0.3 is 12.2 Å². The third-order valence-corrected chi connectivity index (χ3v) is 10.2. The second kappa shape index (κ2) is 16.3. The van der Waals surface area contributed by atoms with E-state index in [1.54, 1.807) is 29.1 Å². The number of amides is 4. The van der Waals surface area contributed by atoms with Crippen LogP contribution in [0.25, 0.3) is 33.6 Å². The molecule has 0 bridgehead atoms. The third-order valence-electron chi connectivity index (χ3n) is 10.2. The number of likely N-dealkylation sites (tertiary alicyclic amines) is 2. The maximum atomic E-state index is 13.4. The van der Waals surface area contributed by atoms with E-state index in [0.717, 1.165) is 52.9 Å². The molecule has 2 aliphatic heterocycles. The zero-order valence-corrected chi connectivity index (χ0v) is 30.3. The Morgan fingerprint density at radius 3 is 1.70 bits per heavy atom. The van der Waals surface area contributed by atoms with Crippen molar-refractivity contribution in [2.45, 2.75) is 76.2 Å². The Labute approximate surface area is 307 Å². The molecular weight excluding hydrogens is 680 g/mol. The van der Waals surface area contributed by atoms with Gasteiger partial charge in [-0.1, -0.05) is 55.5 Å². The van der Waals surface area contributed by atoms with Gasteiger partial charge in [-0.15, -0.1) is 0 Å². The highest BCUT2D eigenvalue weighted by molar-refractivity contribution is 5.87. The molecule has 15 heteroatoms. The van der Waals surface area contributed by atoms with Crippen LogP contribution in [-0.2, 0) is 19.1 Å². The number of carbonyl (C=O) groups is 4. The van der Waals surface area contributed by atoms with Crippen LogP contribution in [0, 0.1) is 0 Å². The van der Waals surface area contributed by atoms with Crippen LogP contribution in [0.15, 0.2) is 60.9 Å². The summed E-state index contributed by atoms with van der Waals surface area (Å²) in [7, 11) is 2.72. The van der Waals surface area contributed by atoms with E-state index in [-0.39, 0.29) is 23.9 Å². The number of benzene rings is 2. The van der Waals surface area contributed by atoms with Gasteiger partial charge in [0.1, 0.15) is 23.7 Å². The highest BCUT2D eigenvalue weighted by atomic mass is 16.5. The average molecular weight is 727 g/mol. The van der Waals surface area contributed by atoms with E-state index in [0.29, 0.717) is 37.6 Å². The van der Waals surface area contributed by atoms with E-state index in [9.17, 15) is 24.3 Å². The SMILES string of the molecule is CC[C@H](NC(=O)OC)C(=O)N1CCC[C@H]1c1ncc(-c2ccc(-c3ccc(-c4cnc([C@@H]5CCCN5C(=O)[C@@H](NC(=O)O)C(C)OC)[nH]4)cc3)cc2)[nH]1. The van der Waals surface area contributed by atoms with Gasteiger partial charge in [0, 0.05) is 20.2 Å². The molecule has 6 rings (SSSR count). The quantitative estimate of drug-likeness (QED) is 0.129. The van der Waals surface area contributed by atoms with E-state index in [1.807, 2.05) is 43.3 Å². The van der Waals surface area contributed by atoms with Crippen molar-refractivity contribution in [3.05, 3.63) is 72.6 Å². The number of hydrogen-bond acceptors (Lipinski definition) is 8. The Hall–Kier alpha value is -5.70. The lowest BCUT2D eigenvalue weighted by Crippen LogP contribution is -2.53. The zero-order valence-electron chi connectivity index (χ0n) is 30.3. The van der Waals surface area contributed by atoms with Crippen molar-refractivity contribution in [3.63, 3.8) is 0 Å². The van der Waals surface area contributed by atoms with Gasteiger partial charge in [-0.2, -0.15) is 0 Å². The summed E-state index contributed by atoms with van der Waals surface area (Å²) in [4.78, 5) is 69.4. The van der Waals surface area contributed by atoms with Gasteiger partial charge in [0.15, 0.2) is 0 Å². The number of alkyl carbamates (subject to hydrolysis) is 1. The highest BCUT2D eigenvalue weighted by Gasteiger charge is 2.39. The molecule has 0 aliphatic carbocycles. The Balaban J connectivity index is 1.10. The summed E-state index contributed by atoms with van der Waals surface area (Å²) < 4.78 is 9.99. The predicted octanol–water partition coefficient (Wildman–Crippen LogP) is 5.27. The highest BCUT2D eigenvalue weighted by Crippen LogP contribution is 2.35. The number of nitrogens with one attached hydrogen (secondary N) is 4. The van der Waals surface area contributed by atoms with E-state index < -0.39 is 30.4 Å². The maximum absolute atomic E-state index is 13.4. The van der Waals surface area contributed by atoms with Gasteiger partial charge in [-0.25, -0.2) is 19.6 Å². The lowest BCUT2D eigenvalue weighted by molar-refractivity contribution is -0.137. The van der Waals surface area contributed by atoms with Gasteiger partial charge in [-0.3, -0.25) is 9.59 Å². The molecule has 5 N–H and O–H groups in total. The molecule has 1 unspecified atom stereocenters. The van der Waals surface area contributed by atoms with Crippen molar-refractivity contribution in [1.82, 2.24) is 40.4 Å². The summed E-state index contributed by atoms with van der Waals surface area (Å²) in [6, 6.07) is 14.1. The molecule has 4 amide bonds. The summed E-state index contributed by atoms with van der Waals surface area (Å²) in [5.41, 5.74) is 5.64. The number of H-pyrrole nitrogens is 2. The van der Waals surface area contributed by atoms with Crippen LogP contribution in [0.1, 0.15) is 69.7 Å². The molecule has 15 nitrogen and oxygen atoms in total. The lowest BCUT2D eigenvalue weighted by Gasteiger charge is -2.30. The first-order valence-electron chi connectivity index (χ1n) is 17.9. The summed E-state index contributed by atoms with van der Waals surface area (Å²) in [5, 5.41) is 14.2. The third kappa shape index (κ3) is 8.04. The van der Waals surface area contributed by atoms with Crippen molar-refractivity contribution in [2.24, 2.45) is 0 Å². The molecule has 4 heterocycles. The van der Waals surface area contributed by atoms with Crippen molar-refractivity contribution >= 4 is 24.0 Å². The number of rotatable bonds is 12. The number of ether oxygens (including phenoxy) is 2. The van der Waals surface area contributed by atoms with Crippen LogP contribution in [-0.4, -0.2) is 104 Å². The normalized spacial score (nSPS) is 18.7. The van der Waals surface area contributed by atoms with Gasteiger partial charge in [0.05, 0.1) is 49.1 Å². The molecule has 0 saturated carbocycles. The number of aromatic nitrogens is 4. The number of hydrogen-bond donors (Lipinski definition) is 5. The number of nitrogens with zero attached hydrogens (tertiary/aromatic N) is 4. The minimum atomic E-state index is -1.28. The molecule has 4 aromatic rings. The molecular formula is C38H46N8O7. The summed E-state index contributed by atoms with van der Waals surface area (Å²) in [6.07, 6.45) is 4.57. The second-order valence-electron chi connectivity index (χ2n) is 13.4. The smallest absolute Gasteiger partial charge is 0.407 e. The predicted molar refractivity (Wildman–Crippen MR) is 195 cm³/mol. The Bertz CT molecular complexity index is 1910. The van der Waals surface area contributed by atoms with Crippen LogP contribution in [0.3, 0.4) is 0 Å². The van der Waals surface area contributed by atoms with Crippen molar-refractivity contribution in [2.75, 3.05) is 27.3 Å². The van der Waals surface area contributed by atoms with Crippen LogP contribution >= 0.6 is 0 Å². The summed E-state index contributed by atoms with van der Waals surface area (Å²) in [6.45, 7) is 4.61. The van der Waals surface area contributed by atoms with E-state index in [2.05, 4.69) is 42.7 Å². The fourth-order valence-electron chi connectivity index (χ4n) is 7.19. The summed E-state index contributed by atoms with van der Waals surface area (Å²) >= 11 is 0. The number of aromatic amines is 2. The zero-order chi connectivity index (χ0) is 37.6. The Morgan fingerprint density at radius 2 is 1.26 bits per heavy atom. The molecule has 2 aromatic carbocycles. The van der Waals surface area contributed by atoms with Gasteiger partial charge in [0.25, 0.3) is 0 Å². The molecule has 2 saturated heterocycles. The minimum Gasteiger partial charge on any atom is -0.465 e. The van der Waals surface area contributed by atoms with Gasteiger partial charge < -0.3 is 45.0 Å². The number of imidazole rings is 2. The average Bonchev–Trinajstić information content (AvgIpc) is 4.02. The topological polar surface area (TPSA) is 195 Å². The monoisotopic (exact) mass is 726 g/mol. The molecule has 53 heavy (non-hydrogen) atoms. The number of carbonyl (C=O) groups excluding carboxylic acids is 3. The first-order valence-corrected chi connectivity index (χ1v) is 17.9. The van der Waals surface area contributed by atoms with Crippen LogP contribution in [0.4, 0.5) is 9.59 Å². The maximum Gasteiger partial charge on any atom is 0.407 e. The number of methoxy groups -OCH3 is 2. The molecule has 0 spiro atoms. The van der Waals surface area contributed by atoms with E-state index in [4.69, 9.17) is 9.47 Å². The molecule has 0 radical (unpaired) electrons.